The van der Waals surface area contributed by atoms with E-state index in [9.17, 15) is 4.79 Å². The van der Waals surface area contributed by atoms with Gasteiger partial charge >= 0.3 is 5.97 Å². The topological polar surface area (TPSA) is 66.0 Å². The van der Waals surface area contributed by atoms with Gasteiger partial charge in [0.25, 0.3) is 0 Å². The van der Waals surface area contributed by atoms with Crippen LogP contribution in [0.2, 0.25) is 5.02 Å². The second kappa shape index (κ2) is 4.24. The quantitative estimate of drug-likeness (QED) is 0.751. The van der Waals surface area contributed by atoms with E-state index in [2.05, 4.69) is 9.97 Å². The molecule has 3 rings (SSSR count). The molecule has 19 heavy (non-hydrogen) atoms. The smallest absolute Gasteiger partial charge is 0.310 e. The fourth-order valence-electron chi connectivity index (χ4n) is 2.18. The molecule has 2 N–H and O–H groups in total. The van der Waals surface area contributed by atoms with Gasteiger partial charge in [-0.1, -0.05) is 23.7 Å². The van der Waals surface area contributed by atoms with Crippen LogP contribution in [0.3, 0.4) is 0 Å². The van der Waals surface area contributed by atoms with Gasteiger partial charge in [-0.2, -0.15) is 0 Å². The third-order valence-electron chi connectivity index (χ3n) is 3.31. The van der Waals surface area contributed by atoms with Crippen molar-refractivity contribution < 1.29 is 9.90 Å². The Hall–Kier alpha value is -2.07. The molecule has 0 radical (unpaired) electrons. The average Bonchev–Trinajstić information content (AvgIpc) is 2.74. The SMILES string of the molecule is C[C@H](C(=O)O)c1ccc2c(c1)[nH]c1ncc(Cl)cc12. The summed E-state index contributed by atoms with van der Waals surface area (Å²) in [5.41, 5.74) is 2.38. The molecule has 0 amide bonds. The number of nitrogens with one attached hydrogen (secondary N) is 1. The number of nitrogens with zero attached hydrogens (tertiary/aromatic N) is 1. The number of rotatable bonds is 2. The van der Waals surface area contributed by atoms with E-state index in [1.165, 1.54) is 0 Å². The third kappa shape index (κ3) is 1.94. The molecule has 0 aliphatic heterocycles. The second-order valence-corrected chi connectivity index (χ2v) is 4.98. The first-order valence-corrected chi connectivity index (χ1v) is 6.24. The number of carboxylic acids is 1. The zero-order valence-electron chi connectivity index (χ0n) is 10.1. The predicted octanol–water partition coefficient (Wildman–Crippen LogP) is 3.56. The lowest BCUT2D eigenvalue weighted by atomic mass is 10.00. The molecule has 3 aromatic rings. The monoisotopic (exact) mass is 274 g/mol. The van der Waals surface area contributed by atoms with Crippen molar-refractivity contribution in [2.75, 3.05) is 0 Å². The number of hydrogen-bond acceptors (Lipinski definition) is 2. The van der Waals surface area contributed by atoms with E-state index in [0.29, 0.717) is 5.02 Å². The van der Waals surface area contributed by atoms with Crippen LogP contribution in [-0.4, -0.2) is 21.0 Å². The van der Waals surface area contributed by atoms with Crippen molar-refractivity contribution in [3.8, 4) is 0 Å². The Bertz CT molecular complexity index is 795. The third-order valence-corrected chi connectivity index (χ3v) is 3.52. The minimum Gasteiger partial charge on any atom is -0.481 e. The first-order valence-electron chi connectivity index (χ1n) is 5.86. The Morgan fingerprint density at radius 2 is 2.16 bits per heavy atom. The number of halogens is 1. The van der Waals surface area contributed by atoms with Crippen LogP contribution in [0.15, 0.2) is 30.5 Å². The molecule has 2 heterocycles. The summed E-state index contributed by atoms with van der Waals surface area (Å²) < 4.78 is 0. The lowest BCUT2D eigenvalue weighted by Gasteiger charge is -2.06. The first kappa shape index (κ1) is 12.0. The zero-order valence-corrected chi connectivity index (χ0v) is 10.9. The number of aromatic nitrogens is 2. The highest BCUT2D eigenvalue weighted by molar-refractivity contribution is 6.31. The Labute approximate surface area is 114 Å². The molecule has 0 unspecified atom stereocenters. The lowest BCUT2D eigenvalue weighted by Crippen LogP contribution is -2.06. The molecule has 0 saturated carbocycles. The molecule has 0 bridgehead atoms. The molecule has 1 aromatic carbocycles. The Morgan fingerprint density at radius 1 is 1.37 bits per heavy atom. The summed E-state index contributed by atoms with van der Waals surface area (Å²) in [5.74, 6) is -1.37. The van der Waals surface area contributed by atoms with Gasteiger partial charge in [0.2, 0.25) is 0 Å². The summed E-state index contributed by atoms with van der Waals surface area (Å²) in [4.78, 5) is 18.4. The van der Waals surface area contributed by atoms with E-state index in [1.807, 2.05) is 24.3 Å². The van der Waals surface area contributed by atoms with E-state index in [4.69, 9.17) is 16.7 Å². The number of pyridine rings is 1. The minimum absolute atomic E-state index is 0.535. The molecule has 5 heteroatoms. The van der Waals surface area contributed by atoms with Crippen LogP contribution in [0.1, 0.15) is 18.4 Å². The number of hydrogen-bond donors (Lipinski definition) is 2. The molecular weight excluding hydrogens is 264 g/mol. The predicted molar refractivity (Wildman–Crippen MR) is 74.7 cm³/mol. The van der Waals surface area contributed by atoms with Gasteiger partial charge in [-0.25, -0.2) is 4.98 Å². The van der Waals surface area contributed by atoms with Gasteiger partial charge in [-0.3, -0.25) is 4.79 Å². The maximum Gasteiger partial charge on any atom is 0.310 e. The molecule has 0 spiro atoms. The fourth-order valence-corrected chi connectivity index (χ4v) is 2.34. The molecular formula is C14H11ClN2O2. The average molecular weight is 275 g/mol. The van der Waals surface area contributed by atoms with E-state index in [-0.39, 0.29) is 0 Å². The van der Waals surface area contributed by atoms with Crippen LogP contribution >= 0.6 is 11.6 Å². The first-order chi connectivity index (χ1) is 9.06. The summed E-state index contributed by atoms with van der Waals surface area (Å²) in [7, 11) is 0. The summed E-state index contributed by atoms with van der Waals surface area (Å²) in [6.45, 7) is 1.67. The summed E-state index contributed by atoms with van der Waals surface area (Å²) in [5, 5.41) is 11.6. The van der Waals surface area contributed by atoms with Crippen molar-refractivity contribution >= 4 is 39.5 Å². The molecule has 0 aliphatic carbocycles. The van der Waals surface area contributed by atoms with Crippen molar-refractivity contribution in [2.24, 2.45) is 0 Å². The van der Waals surface area contributed by atoms with Crippen LogP contribution in [0.4, 0.5) is 0 Å². The standard InChI is InChI=1S/C14H11ClN2O2/c1-7(14(18)19)8-2-3-10-11-5-9(15)6-16-13(11)17-12(10)4-8/h2-7H,1H3,(H,16,17)(H,18,19)/t7-/m0/s1. The van der Waals surface area contributed by atoms with E-state index in [1.54, 1.807) is 13.1 Å². The van der Waals surface area contributed by atoms with Gasteiger partial charge in [0.05, 0.1) is 10.9 Å². The Morgan fingerprint density at radius 3 is 2.89 bits per heavy atom. The molecule has 0 aliphatic rings. The number of aliphatic carboxylic acids is 1. The zero-order chi connectivity index (χ0) is 13.6. The molecule has 2 aromatic heterocycles. The largest absolute Gasteiger partial charge is 0.481 e. The Balaban J connectivity index is 2.24. The van der Waals surface area contributed by atoms with Crippen molar-refractivity contribution in [3.05, 3.63) is 41.0 Å². The highest BCUT2D eigenvalue weighted by Gasteiger charge is 2.15. The van der Waals surface area contributed by atoms with Crippen molar-refractivity contribution in [2.45, 2.75) is 12.8 Å². The molecule has 0 saturated heterocycles. The van der Waals surface area contributed by atoms with Gasteiger partial charge in [-0.15, -0.1) is 0 Å². The normalized spacial score (nSPS) is 12.9. The number of fused-ring (bicyclic) bond motifs is 3. The summed E-state index contributed by atoms with van der Waals surface area (Å²) >= 11 is 5.95. The highest BCUT2D eigenvalue weighted by Crippen LogP contribution is 2.28. The van der Waals surface area contributed by atoms with Crippen LogP contribution in [0.25, 0.3) is 21.9 Å². The number of H-pyrrole nitrogens is 1. The number of carbonyl (C=O) groups is 1. The lowest BCUT2D eigenvalue weighted by molar-refractivity contribution is -0.138. The molecule has 4 nitrogen and oxygen atoms in total. The van der Waals surface area contributed by atoms with Crippen molar-refractivity contribution in [1.82, 2.24) is 9.97 Å². The number of aromatic amines is 1. The minimum atomic E-state index is -0.836. The van der Waals surface area contributed by atoms with E-state index >= 15 is 0 Å². The van der Waals surface area contributed by atoms with Gasteiger partial charge in [0.15, 0.2) is 0 Å². The Kier molecular flexibility index (Phi) is 2.68. The van der Waals surface area contributed by atoms with Crippen molar-refractivity contribution in [3.63, 3.8) is 0 Å². The summed E-state index contributed by atoms with van der Waals surface area (Å²) in [6, 6.07) is 7.43. The maximum atomic E-state index is 11.0. The van der Waals surface area contributed by atoms with Gasteiger partial charge in [0, 0.05) is 22.5 Å². The van der Waals surface area contributed by atoms with Crippen LogP contribution < -0.4 is 0 Å². The van der Waals surface area contributed by atoms with Crippen LogP contribution in [0, 0.1) is 0 Å². The van der Waals surface area contributed by atoms with Crippen LogP contribution in [-0.2, 0) is 4.79 Å². The molecule has 96 valence electrons. The highest BCUT2D eigenvalue weighted by atomic mass is 35.5. The summed E-state index contributed by atoms with van der Waals surface area (Å²) in [6.07, 6.45) is 1.58. The van der Waals surface area contributed by atoms with Gasteiger partial charge in [-0.05, 0) is 24.6 Å². The molecule has 0 fully saturated rings. The van der Waals surface area contributed by atoms with Crippen LogP contribution in [0.5, 0.6) is 0 Å². The van der Waals surface area contributed by atoms with Gasteiger partial charge in [0.1, 0.15) is 5.65 Å². The van der Waals surface area contributed by atoms with Crippen molar-refractivity contribution in [1.29, 1.82) is 0 Å². The molecule has 1 atom stereocenters. The maximum absolute atomic E-state index is 11.0. The van der Waals surface area contributed by atoms with E-state index < -0.39 is 11.9 Å². The van der Waals surface area contributed by atoms with Gasteiger partial charge < -0.3 is 10.1 Å². The second-order valence-electron chi connectivity index (χ2n) is 4.54. The van der Waals surface area contributed by atoms with E-state index in [0.717, 1.165) is 27.5 Å². The number of benzene rings is 1. The number of carboxylic acid groups (broad SMARTS) is 1. The fraction of sp³-hybridized carbons (Fsp3) is 0.143.